The Labute approximate surface area is 89.3 Å². The van der Waals surface area contributed by atoms with Crippen LogP contribution in [0.1, 0.15) is 31.9 Å². The molecular weight excluding hydrogens is 192 g/mol. The highest BCUT2D eigenvalue weighted by Gasteiger charge is 2.37. The fraction of sp³-hybridized carbons (Fsp3) is 0.636. The number of rotatable bonds is 2. The van der Waals surface area contributed by atoms with Crippen LogP contribution < -0.4 is 0 Å². The molecule has 0 spiro atoms. The normalized spacial score (nSPS) is 31.5. The monoisotopic (exact) mass is 208 g/mol. The molecule has 2 heterocycles. The van der Waals surface area contributed by atoms with Crippen molar-refractivity contribution in [1.29, 1.82) is 0 Å². The third-order valence-corrected chi connectivity index (χ3v) is 2.93. The van der Waals surface area contributed by atoms with Gasteiger partial charge < -0.3 is 9.84 Å². The molecule has 1 fully saturated rings. The molecule has 0 aliphatic carbocycles. The molecule has 1 aromatic rings. The average Bonchev–Trinajstić information content (AvgIpc) is 2.30. The first kappa shape index (κ1) is 10.5. The third kappa shape index (κ3) is 2.16. The maximum Gasteiger partial charge on any atom is 0.113 e. The van der Waals surface area contributed by atoms with Gasteiger partial charge in [-0.2, -0.15) is 0 Å². The summed E-state index contributed by atoms with van der Waals surface area (Å²) in [5.74, 6) is 0. The van der Waals surface area contributed by atoms with E-state index in [4.69, 9.17) is 4.74 Å². The van der Waals surface area contributed by atoms with Crippen molar-refractivity contribution in [3.63, 3.8) is 0 Å². The smallest absolute Gasteiger partial charge is 0.113 e. The lowest BCUT2D eigenvalue weighted by atomic mass is 9.87. The molecule has 0 amide bonds. The zero-order chi connectivity index (χ0) is 10.7. The van der Waals surface area contributed by atoms with E-state index < -0.39 is 5.60 Å². The summed E-state index contributed by atoms with van der Waals surface area (Å²) in [6.45, 7) is 2.65. The van der Waals surface area contributed by atoms with Crippen molar-refractivity contribution in [3.05, 3.63) is 24.3 Å². The summed E-state index contributed by atoms with van der Waals surface area (Å²) in [4.78, 5) is 8.17. The molecule has 1 N–H and O–H groups in total. The second-order valence-corrected chi connectivity index (χ2v) is 3.98. The van der Waals surface area contributed by atoms with Crippen LogP contribution in [-0.4, -0.2) is 27.8 Å². The minimum atomic E-state index is -0.854. The van der Waals surface area contributed by atoms with Crippen LogP contribution in [0.25, 0.3) is 0 Å². The van der Waals surface area contributed by atoms with Crippen molar-refractivity contribution < 1.29 is 9.84 Å². The van der Waals surface area contributed by atoms with E-state index in [2.05, 4.69) is 16.9 Å². The van der Waals surface area contributed by atoms with Gasteiger partial charge in [-0.05, 0) is 6.42 Å². The van der Waals surface area contributed by atoms with Crippen LogP contribution in [0.4, 0.5) is 0 Å². The number of hydrogen-bond donors (Lipinski definition) is 1. The Morgan fingerprint density at radius 1 is 1.60 bits per heavy atom. The standard InChI is InChI=1S/C11H16N2O2/c1-2-9-7-11(14,3-6-15-9)10-8-12-4-5-13-10/h4-5,8-9,14H,2-3,6-7H2,1H3. The molecular formula is C11H16N2O2. The molecule has 4 heteroatoms. The lowest BCUT2D eigenvalue weighted by Crippen LogP contribution is -2.39. The fourth-order valence-electron chi connectivity index (χ4n) is 1.97. The lowest BCUT2D eigenvalue weighted by Gasteiger charge is -2.35. The fourth-order valence-corrected chi connectivity index (χ4v) is 1.97. The van der Waals surface area contributed by atoms with Crippen LogP contribution in [0.15, 0.2) is 18.6 Å². The SMILES string of the molecule is CCC1CC(O)(c2cnccn2)CCO1. The van der Waals surface area contributed by atoms with Gasteiger partial charge in [0.15, 0.2) is 0 Å². The van der Waals surface area contributed by atoms with Crippen molar-refractivity contribution in [2.24, 2.45) is 0 Å². The van der Waals surface area contributed by atoms with Crippen LogP contribution >= 0.6 is 0 Å². The Bertz CT molecular complexity index is 318. The van der Waals surface area contributed by atoms with Crippen molar-refractivity contribution >= 4 is 0 Å². The van der Waals surface area contributed by atoms with Gasteiger partial charge in [-0.3, -0.25) is 9.97 Å². The van der Waals surface area contributed by atoms with E-state index in [9.17, 15) is 5.11 Å². The van der Waals surface area contributed by atoms with E-state index >= 15 is 0 Å². The number of hydrogen-bond acceptors (Lipinski definition) is 4. The number of nitrogens with zero attached hydrogens (tertiary/aromatic N) is 2. The number of aliphatic hydroxyl groups is 1. The molecule has 0 radical (unpaired) electrons. The van der Waals surface area contributed by atoms with E-state index in [0.29, 0.717) is 25.1 Å². The molecule has 0 saturated carbocycles. The summed E-state index contributed by atoms with van der Waals surface area (Å²) in [6.07, 6.45) is 7.13. The van der Waals surface area contributed by atoms with Crippen molar-refractivity contribution in [3.8, 4) is 0 Å². The molecule has 1 aliphatic heterocycles. The summed E-state index contributed by atoms with van der Waals surface area (Å²) >= 11 is 0. The summed E-state index contributed by atoms with van der Waals surface area (Å²) in [6, 6.07) is 0. The summed E-state index contributed by atoms with van der Waals surface area (Å²) in [7, 11) is 0. The molecule has 15 heavy (non-hydrogen) atoms. The first-order valence-corrected chi connectivity index (χ1v) is 5.35. The van der Waals surface area contributed by atoms with Crippen LogP contribution in [0.5, 0.6) is 0 Å². The van der Waals surface area contributed by atoms with E-state index in [-0.39, 0.29) is 6.10 Å². The second-order valence-electron chi connectivity index (χ2n) is 3.98. The summed E-state index contributed by atoms with van der Waals surface area (Å²) in [5, 5.41) is 10.5. The lowest BCUT2D eigenvalue weighted by molar-refractivity contribution is -0.110. The molecule has 4 nitrogen and oxygen atoms in total. The average molecular weight is 208 g/mol. The molecule has 1 saturated heterocycles. The highest BCUT2D eigenvalue weighted by Crippen LogP contribution is 2.33. The maximum atomic E-state index is 10.5. The molecule has 2 rings (SSSR count). The van der Waals surface area contributed by atoms with Gasteiger partial charge in [0, 0.05) is 25.2 Å². The second kappa shape index (κ2) is 4.24. The first-order chi connectivity index (χ1) is 7.24. The first-order valence-electron chi connectivity index (χ1n) is 5.35. The minimum Gasteiger partial charge on any atom is -0.383 e. The van der Waals surface area contributed by atoms with Crippen LogP contribution in [0, 0.1) is 0 Å². The zero-order valence-corrected chi connectivity index (χ0v) is 8.89. The third-order valence-electron chi connectivity index (χ3n) is 2.93. The van der Waals surface area contributed by atoms with E-state index in [1.165, 1.54) is 0 Å². The summed E-state index contributed by atoms with van der Waals surface area (Å²) < 4.78 is 5.54. The van der Waals surface area contributed by atoms with E-state index in [0.717, 1.165) is 6.42 Å². The van der Waals surface area contributed by atoms with Gasteiger partial charge in [0.1, 0.15) is 5.60 Å². The summed E-state index contributed by atoms with van der Waals surface area (Å²) in [5.41, 5.74) is -0.195. The zero-order valence-electron chi connectivity index (χ0n) is 8.89. The predicted octanol–water partition coefficient (Wildman–Crippen LogP) is 1.25. The molecule has 1 aliphatic rings. The highest BCUT2D eigenvalue weighted by atomic mass is 16.5. The van der Waals surface area contributed by atoms with E-state index in [1.54, 1.807) is 18.6 Å². The van der Waals surface area contributed by atoms with Gasteiger partial charge in [0.05, 0.1) is 24.6 Å². The molecule has 2 atom stereocenters. The Morgan fingerprint density at radius 3 is 3.13 bits per heavy atom. The van der Waals surface area contributed by atoms with Gasteiger partial charge in [0.25, 0.3) is 0 Å². The number of aromatic nitrogens is 2. The van der Waals surface area contributed by atoms with Crippen molar-refractivity contribution in [1.82, 2.24) is 9.97 Å². The number of ether oxygens (including phenoxy) is 1. The van der Waals surface area contributed by atoms with Gasteiger partial charge in [-0.1, -0.05) is 6.92 Å². The Balaban J connectivity index is 2.19. The highest BCUT2D eigenvalue weighted by molar-refractivity contribution is 5.09. The van der Waals surface area contributed by atoms with E-state index in [1.807, 2.05) is 0 Å². The molecule has 82 valence electrons. The van der Waals surface area contributed by atoms with Crippen molar-refractivity contribution in [2.45, 2.75) is 37.9 Å². The largest absolute Gasteiger partial charge is 0.383 e. The Hall–Kier alpha value is -1.00. The minimum absolute atomic E-state index is 0.130. The van der Waals surface area contributed by atoms with Gasteiger partial charge >= 0.3 is 0 Å². The molecule has 0 bridgehead atoms. The maximum absolute atomic E-state index is 10.5. The Kier molecular flexibility index (Phi) is 2.98. The topological polar surface area (TPSA) is 55.2 Å². The van der Waals surface area contributed by atoms with Gasteiger partial charge in [-0.15, -0.1) is 0 Å². The Morgan fingerprint density at radius 2 is 2.47 bits per heavy atom. The predicted molar refractivity (Wildman–Crippen MR) is 55.2 cm³/mol. The van der Waals surface area contributed by atoms with Crippen LogP contribution in [0.2, 0.25) is 0 Å². The quantitative estimate of drug-likeness (QED) is 0.794. The molecule has 1 aromatic heterocycles. The van der Waals surface area contributed by atoms with Crippen LogP contribution in [-0.2, 0) is 10.3 Å². The molecule has 2 unspecified atom stereocenters. The van der Waals surface area contributed by atoms with Crippen LogP contribution in [0.3, 0.4) is 0 Å². The molecule has 0 aromatic carbocycles. The van der Waals surface area contributed by atoms with Gasteiger partial charge in [-0.25, -0.2) is 0 Å². The van der Waals surface area contributed by atoms with Crippen molar-refractivity contribution in [2.75, 3.05) is 6.61 Å². The van der Waals surface area contributed by atoms with Gasteiger partial charge in [0.2, 0.25) is 0 Å².